The first-order chi connectivity index (χ1) is 9.88. The number of benzene rings is 1. The van der Waals surface area contributed by atoms with Crippen LogP contribution in [-0.4, -0.2) is 23.9 Å². The van der Waals surface area contributed by atoms with Crippen molar-refractivity contribution in [1.29, 1.82) is 0 Å². The Labute approximate surface area is 130 Å². The van der Waals surface area contributed by atoms with Crippen LogP contribution in [0, 0.1) is 0 Å². The molecular weight excluding hydrogens is 374 g/mol. The summed E-state index contributed by atoms with van der Waals surface area (Å²) in [5, 5.41) is 2.21. The maximum atomic E-state index is 12.7. The lowest BCUT2D eigenvalue weighted by Gasteiger charge is -2.14. The molecule has 114 valence electrons. The third kappa shape index (κ3) is 4.49. The molecule has 0 spiro atoms. The molecule has 0 saturated carbocycles. The van der Waals surface area contributed by atoms with E-state index in [4.69, 9.17) is 0 Å². The number of aromatic nitrogens is 1. The molecular formula is C13H10BrF4NOS. The zero-order valence-electron chi connectivity index (χ0n) is 10.5. The van der Waals surface area contributed by atoms with Gasteiger partial charge in [0.2, 0.25) is 0 Å². The second-order valence-corrected chi connectivity index (χ2v) is 6.05. The van der Waals surface area contributed by atoms with Crippen molar-refractivity contribution in [3.63, 3.8) is 0 Å². The molecule has 0 aliphatic carbocycles. The molecule has 21 heavy (non-hydrogen) atoms. The van der Waals surface area contributed by atoms with Crippen LogP contribution in [0.25, 0.3) is 11.3 Å². The van der Waals surface area contributed by atoms with Crippen LogP contribution in [-0.2, 0) is 11.3 Å². The lowest BCUT2D eigenvalue weighted by atomic mass is 10.2. The molecule has 0 saturated heterocycles. The van der Waals surface area contributed by atoms with Crippen LogP contribution < -0.4 is 0 Å². The number of hydrogen-bond donors (Lipinski definition) is 0. The third-order valence-corrected chi connectivity index (χ3v) is 3.88. The molecule has 1 aromatic heterocycles. The van der Waals surface area contributed by atoms with E-state index in [1.165, 1.54) is 11.3 Å². The Kier molecular flexibility index (Phi) is 5.34. The predicted octanol–water partition coefficient (Wildman–Crippen LogP) is 4.99. The summed E-state index contributed by atoms with van der Waals surface area (Å²) in [4.78, 5) is 4.22. The lowest BCUT2D eigenvalue weighted by Crippen LogP contribution is -2.32. The summed E-state index contributed by atoms with van der Waals surface area (Å²) in [7, 11) is 0. The van der Waals surface area contributed by atoms with E-state index in [1.54, 1.807) is 5.38 Å². The van der Waals surface area contributed by atoms with E-state index in [1.807, 2.05) is 24.3 Å². The molecule has 0 bridgehead atoms. The van der Waals surface area contributed by atoms with Crippen molar-refractivity contribution < 1.29 is 22.3 Å². The Morgan fingerprint density at radius 1 is 1.24 bits per heavy atom. The van der Waals surface area contributed by atoms with E-state index in [2.05, 4.69) is 25.7 Å². The maximum absolute atomic E-state index is 12.7. The monoisotopic (exact) mass is 383 g/mol. The van der Waals surface area contributed by atoms with Crippen LogP contribution in [0.5, 0.6) is 0 Å². The second kappa shape index (κ2) is 6.85. The van der Waals surface area contributed by atoms with Crippen LogP contribution in [0.3, 0.4) is 0 Å². The number of rotatable bonds is 6. The van der Waals surface area contributed by atoms with Gasteiger partial charge in [-0.15, -0.1) is 11.3 Å². The minimum absolute atomic E-state index is 0.219. The number of halogens is 5. The molecule has 2 rings (SSSR count). The highest BCUT2D eigenvalue weighted by molar-refractivity contribution is 9.10. The smallest absolute Gasteiger partial charge is 0.330 e. The van der Waals surface area contributed by atoms with Crippen molar-refractivity contribution in [2.45, 2.75) is 19.0 Å². The molecule has 0 amide bonds. The van der Waals surface area contributed by atoms with Gasteiger partial charge in [-0.2, -0.15) is 8.78 Å². The van der Waals surface area contributed by atoms with Gasteiger partial charge in [-0.05, 0) is 12.1 Å². The minimum atomic E-state index is -4.13. The molecule has 0 atom stereocenters. The van der Waals surface area contributed by atoms with Gasteiger partial charge in [0.25, 0.3) is 0 Å². The highest BCUT2D eigenvalue weighted by atomic mass is 79.9. The normalized spacial score (nSPS) is 12.1. The van der Waals surface area contributed by atoms with Crippen molar-refractivity contribution in [3.8, 4) is 11.3 Å². The second-order valence-electron chi connectivity index (χ2n) is 4.19. The van der Waals surface area contributed by atoms with Crippen LogP contribution in [0.15, 0.2) is 34.1 Å². The van der Waals surface area contributed by atoms with E-state index in [9.17, 15) is 17.6 Å². The molecule has 1 heterocycles. The zero-order chi connectivity index (χ0) is 15.5. The van der Waals surface area contributed by atoms with Gasteiger partial charge in [-0.1, -0.05) is 28.1 Å². The highest BCUT2D eigenvalue weighted by Crippen LogP contribution is 2.26. The van der Waals surface area contributed by atoms with E-state index in [0.717, 1.165) is 10.0 Å². The molecule has 0 unspecified atom stereocenters. The summed E-state index contributed by atoms with van der Waals surface area (Å²) >= 11 is 4.54. The fourth-order valence-corrected chi connectivity index (χ4v) is 2.47. The van der Waals surface area contributed by atoms with E-state index >= 15 is 0 Å². The number of nitrogens with zero attached hydrogens (tertiary/aromatic N) is 1. The Morgan fingerprint density at radius 3 is 2.52 bits per heavy atom. The number of hydrogen-bond acceptors (Lipinski definition) is 3. The number of ether oxygens (including phenoxy) is 1. The molecule has 0 aliphatic heterocycles. The first-order valence-corrected chi connectivity index (χ1v) is 7.50. The standard InChI is InChI=1S/C13H10BrF4NOS/c14-9-3-1-8(2-4-9)10-6-21-11(19-10)5-20-7-13(17,18)12(15)16/h1-4,6,12H,5,7H2. The Bertz CT molecular complexity index is 588. The predicted molar refractivity (Wildman–Crippen MR) is 75.9 cm³/mol. The van der Waals surface area contributed by atoms with Gasteiger partial charge in [-0.3, -0.25) is 0 Å². The van der Waals surface area contributed by atoms with Crippen molar-refractivity contribution in [3.05, 3.63) is 39.1 Å². The largest absolute Gasteiger partial charge is 0.368 e. The number of thiazole rings is 1. The molecule has 2 aromatic rings. The molecule has 0 radical (unpaired) electrons. The topological polar surface area (TPSA) is 22.1 Å². The van der Waals surface area contributed by atoms with Crippen molar-refractivity contribution >= 4 is 27.3 Å². The zero-order valence-corrected chi connectivity index (χ0v) is 12.9. The van der Waals surface area contributed by atoms with Crippen molar-refractivity contribution in [2.24, 2.45) is 0 Å². The van der Waals surface area contributed by atoms with Gasteiger partial charge in [-0.25, -0.2) is 13.8 Å². The van der Waals surface area contributed by atoms with Crippen molar-refractivity contribution in [2.75, 3.05) is 6.61 Å². The Hall–Kier alpha value is -0.990. The summed E-state index contributed by atoms with van der Waals surface area (Å²) in [6, 6.07) is 7.42. The average molecular weight is 384 g/mol. The van der Waals surface area contributed by atoms with Gasteiger partial charge in [0, 0.05) is 15.4 Å². The molecule has 0 N–H and O–H groups in total. The Balaban J connectivity index is 1.93. The highest BCUT2D eigenvalue weighted by Gasteiger charge is 2.40. The SMILES string of the molecule is FC(F)C(F)(F)COCc1nc(-c2ccc(Br)cc2)cs1. The molecule has 2 nitrogen and oxygen atoms in total. The lowest BCUT2D eigenvalue weighted by molar-refractivity contribution is -0.168. The molecule has 0 aliphatic rings. The van der Waals surface area contributed by atoms with Gasteiger partial charge < -0.3 is 4.74 Å². The summed E-state index contributed by atoms with van der Waals surface area (Å²) < 4.78 is 54.8. The fraction of sp³-hybridized carbons (Fsp3) is 0.308. The van der Waals surface area contributed by atoms with Gasteiger partial charge >= 0.3 is 12.3 Å². The van der Waals surface area contributed by atoms with Crippen LogP contribution in [0.1, 0.15) is 5.01 Å². The van der Waals surface area contributed by atoms with Gasteiger partial charge in [0.1, 0.15) is 11.6 Å². The maximum Gasteiger partial charge on any atom is 0.330 e. The molecule has 0 fully saturated rings. The average Bonchev–Trinajstić information content (AvgIpc) is 2.88. The van der Waals surface area contributed by atoms with Crippen LogP contribution in [0.2, 0.25) is 0 Å². The van der Waals surface area contributed by atoms with Gasteiger partial charge in [0.05, 0.1) is 12.3 Å². The molecule has 1 aromatic carbocycles. The Morgan fingerprint density at radius 2 is 1.90 bits per heavy atom. The first-order valence-electron chi connectivity index (χ1n) is 5.82. The summed E-state index contributed by atoms with van der Waals surface area (Å²) in [6.45, 7) is -1.54. The summed E-state index contributed by atoms with van der Waals surface area (Å²) in [5.74, 6) is -4.13. The summed E-state index contributed by atoms with van der Waals surface area (Å²) in [5.41, 5.74) is 1.56. The third-order valence-electron chi connectivity index (χ3n) is 2.53. The minimum Gasteiger partial charge on any atom is -0.368 e. The number of alkyl halides is 4. The van der Waals surface area contributed by atoms with E-state index in [-0.39, 0.29) is 6.61 Å². The van der Waals surface area contributed by atoms with Crippen LogP contribution >= 0.6 is 27.3 Å². The van der Waals surface area contributed by atoms with Crippen LogP contribution in [0.4, 0.5) is 17.6 Å². The van der Waals surface area contributed by atoms with Crippen molar-refractivity contribution in [1.82, 2.24) is 4.98 Å². The molecule has 8 heteroatoms. The fourth-order valence-electron chi connectivity index (χ4n) is 1.47. The van der Waals surface area contributed by atoms with E-state index in [0.29, 0.717) is 10.7 Å². The van der Waals surface area contributed by atoms with E-state index < -0.39 is 19.0 Å². The first kappa shape index (κ1) is 16.4. The quantitative estimate of drug-likeness (QED) is 0.655. The van der Waals surface area contributed by atoms with Gasteiger partial charge in [0.15, 0.2) is 0 Å². The summed E-state index contributed by atoms with van der Waals surface area (Å²) in [6.07, 6.45) is -3.73.